The van der Waals surface area contributed by atoms with E-state index in [1.165, 1.54) is 20.0 Å². The van der Waals surface area contributed by atoms with Gasteiger partial charge in [-0.25, -0.2) is 4.39 Å². The van der Waals surface area contributed by atoms with Crippen LogP contribution in [-0.2, 0) is 0 Å². The van der Waals surface area contributed by atoms with Gasteiger partial charge < -0.3 is 10.1 Å². The molecule has 0 aliphatic carbocycles. The lowest BCUT2D eigenvalue weighted by Crippen LogP contribution is -2.31. The zero-order valence-electron chi connectivity index (χ0n) is 10.5. The fourth-order valence-corrected chi connectivity index (χ4v) is 2.52. The predicted octanol–water partition coefficient (Wildman–Crippen LogP) is 3.29. The molecule has 1 aromatic rings. The maximum absolute atomic E-state index is 13.6. The third-order valence-electron chi connectivity index (χ3n) is 3.67. The average molecular weight is 237 g/mol. The molecule has 0 amide bonds. The van der Waals surface area contributed by atoms with Gasteiger partial charge in [0.05, 0.1) is 7.11 Å². The first kappa shape index (κ1) is 12.4. The van der Waals surface area contributed by atoms with E-state index >= 15 is 0 Å². The van der Waals surface area contributed by atoms with E-state index in [-0.39, 0.29) is 11.9 Å². The molecule has 0 spiro atoms. The van der Waals surface area contributed by atoms with Crippen LogP contribution in [0, 0.1) is 11.7 Å². The number of halogens is 1. The Morgan fingerprint density at radius 3 is 2.94 bits per heavy atom. The number of piperidine rings is 1. The summed E-state index contributed by atoms with van der Waals surface area (Å²) in [5.41, 5.74) is 1.03. The van der Waals surface area contributed by atoms with Crippen LogP contribution in [0.1, 0.15) is 37.8 Å². The monoisotopic (exact) mass is 237 g/mol. The zero-order chi connectivity index (χ0) is 12.3. The molecule has 2 unspecified atom stereocenters. The molecular formula is C14H20FNO. The average Bonchev–Trinajstić information content (AvgIpc) is 2.38. The van der Waals surface area contributed by atoms with Gasteiger partial charge in [0.1, 0.15) is 0 Å². The molecule has 1 N–H and O–H groups in total. The number of hydrogen-bond acceptors (Lipinski definition) is 2. The van der Waals surface area contributed by atoms with Crippen LogP contribution in [-0.4, -0.2) is 13.7 Å². The molecule has 17 heavy (non-hydrogen) atoms. The van der Waals surface area contributed by atoms with Crippen LogP contribution in [0.2, 0.25) is 0 Å². The zero-order valence-corrected chi connectivity index (χ0v) is 10.5. The molecule has 2 atom stereocenters. The summed E-state index contributed by atoms with van der Waals surface area (Å²) in [6, 6.07) is 5.54. The molecule has 0 aromatic heterocycles. The van der Waals surface area contributed by atoms with Gasteiger partial charge in [-0.1, -0.05) is 19.4 Å². The minimum atomic E-state index is -0.273. The molecule has 3 heteroatoms. The van der Waals surface area contributed by atoms with Gasteiger partial charge in [-0.05, 0) is 43.0 Å². The lowest BCUT2D eigenvalue weighted by Gasteiger charge is -2.30. The smallest absolute Gasteiger partial charge is 0.165 e. The van der Waals surface area contributed by atoms with Crippen LogP contribution in [0.4, 0.5) is 4.39 Å². The van der Waals surface area contributed by atoms with Crippen molar-refractivity contribution >= 4 is 0 Å². The molecular weight excluding hydrogens is 217 g/mol. The Labute approximate surface area is 102 Å². The number of rotatable bonds is 3. The molecule has 1 saturated heterocycles. The summed E-state index contributed by atoms with van der Waals surface area (Å²) in [6.07, 6.45) is 3.53. The largest absolute Gasteiger partial charge is 0.494 e. The van der Waals surface area contributed by atoms with E-state index in [2.05, 4.69) is 12.2 Å². The van der Waals surface area contributed by atoms with E-state index in [1.807, 2.05) is 6.07 Å². The first-order valence-electron chi connectivity index (χ1n) is 6.31. The highest BCUT2D eigenvalue weighted by Gasteiger charge is 2.22. The van der Waals surface area contributed by atoms with E-state index in [0.29, 0.717) is 5.75 Å². The predicted molar refractivity (Wildman–Crippen MR) is 66.7 cm³/mol. The third-order valence-corrected chi connectivity index (χ3v) is 3.67. The van der Waals surface area contributed by atoms with Gasteiger partial charge in [-0.2, -0.15) is 0 Å². The van der Waals surface area contributed by atoms with Gasteiger partial charge in [0.2, 0.25) is 0 Å². The second-order valence-electron chi connectivity index (χ2n) is 4.70. The van der Waals surface area contributed by atoms with E-state index < -0.39 is 0 Å². The summed E-state index contributed by atoms with van der Waals surface area (Å²) in [4.78, 5) is 0. The summed E-state index contributed by atoms with van der Waals surface area (Å²) in [5, 5.41) is 3.46. The van der Waals surface area contributed by atoms with Crippen LogP contribution >= 0.6 is 0 Å². The van der Waals surface area contributed by atoms with Crippen molar-refractivity contribution < 1.29 is 9.13 Å². The Kier molecular flexibility index (Phi) is 4.00. The summed E-state index contributed by atoms with van der Waals surface area (Å²) < 4.78 is 18.6. The van der Waals surface area contributed by atoms with Crippen molar-refractivity contribution in [2.75, 3.05) is 13.7 Å². The number of ether oxygens (including phenoxy) is 1. The quantitative estimate of drug-likeness (QED) is 0.871. The van der Waals surface area contributed by atoms with Gasteiger partial charge in [-0.3, -0.25) is 0 Å². The van der Waals surface area contributed by atoms with Gasteiger partial charge in [0, 0.05) is 6.04 Å². The summed E-state index contributed by atoms with van der Waals surface area (Å²) >= 11 is 0. The first-order valence-corrected chi connectivity index (χ1v) is 6.31. The maximum Gasteiger partial charge on any atom is 0.165 e. The third kappa shape index (κ3) is 2.78. The topological polar surface area (TPSA) is 21.3 Å². The van der Waals surface area contributed by atoms with Crippen LogP contribution in [0.25, 0.3) is 0 Å². The highest BCUT2D eigenvalue weighted by atomic mass is 19.1. The highest BCUT2D eigenvalue weighted by molar-refractivity contribution is 5.31. The molecule has 1 heterocycles. The molecule has 2 rings (SSSR count). The molecule has 1 fully saturated rings. The summed E-state index contributed by atoms with van der Waals surface area (Å²) in [6.45, 7) is 3.25. The van der Waals surface area contributed by atoms with Crippen molar-refractivity contribution in [3.63, 3.8) is 0 Å². The van der Waals surface area contributed by atoms with Crippen LogP contribution < -0.4 is 10.1 Å². The lowest BCUT2D eigenvalue weighted by atomic mass is 9.87. The Hall–Kier alpha value is -1.09. The van der Waals surface area contributed by atoms with E-state index in [1.54, 1.807) is 12.1 Å². The van der Waals surface area contributed by atoms with Gasteiger partial charge >= 0.3 is 0 Å². The molecule has 1 aromatic carbocycles. The Morgan fingerprint density at radius 2 is 2.29 bits per heavy atom. The Morgan fingerprint density at radius 1 is 1.47 bits per heavy atom. The fourth-order valence-electron chi connectivity index (χ4n) is 2.52. The molecule has 94 valence electrons. The van der Waals surface area contributed by atoms with Gasteiger partial charge in [0.25, 0.3) is 0 Å². The Bertz CT molecular complexity index is 380. The maximum atomic E-state index is 13.6. The molecule has 1 aliphatic heterocycles. The second-order valence-corrected chi connectivity index (χ2v) is 4.70. The van der Waals surface area contributed by atoms with Gasteiger partial charge in [0.15, 0.2) is 11.6 Å². The van der Waals surface area contributed by atoms with Crippen molar-refractivity contribution in [1.82, 2.24) is 5.32 Å². The molecule has 0 radical (unpaired) electrons. The number of nitrogens with one attached hydrogen (secondary N) is 1. The van der Waals surface area contributed by atoms with E-state index in [4.69, 9.17) is 4.74 Å². The minimum absolute atomic E-state index is 0.273. The molecule has 0 bridgehead atoms. The van der Waals surface area contributed by atoms with Crippen LogP contribution in [0.5, 0.6) is 5.75 Å². The molecule has 0 saturated carbocycles. The summed E-state index contributed by atoms with van der Waals surface area (Å²) in [5.74, 6) is 0.799. The number of hydrogen-bond donors (Lipinski definition) is 1. The van der Waals surface area contributed by atoms with Crippen molar-refractivity contribution in [3.05, 3.63) is 29.6 Å². The normalized spacial score (nSPS) is 24.6. The Balaban J connectivity index is 2.13. The number of methoxy groups -OCH3 is 1. The summed E-state index contributed by atoms with van der Waals surface area (Å²) in [7, 11) is 1.49. The highest BCUT2D eigenvalue weighted by Crippen LogP contribution is 2.30. The lowest BCUT2D eigenvalue weighted by molar-refractivity contribution is 0.298. The van der Waals surface area contributed by atoms with Crippen molar-refractivity contribution in [1.29, 1.82) is 0 Å². The van der Waals surface area contributed by atoms with E-state index in [9.17, 15) is 4.39 Å². The van der Waals surface area contributed by atoms with Crippen LogP contribution in [0.15, 0.2) is 18.2 Å². The minimum Gasteiger partial charge on any atom is -0.494 e. The van der Waals surface area contributed by atoms with Crippen molar-refractivity contribution in [2.24, 2.45) is 5.92 Å². The SMILES string of the molecule is CCC1CCNC(c2ccc(OC)c(F)c2)C1. The van der Waals surface area contributed by atoms with Crippen molar-refractivity contribution in [2.45, 2.75) is 32.2 Å². The van der Waals surface area contributed by atoms with E-state index in [0.717, 1.165) is 24.4 Å². The number of benzene rings is 1. The second kappa shape index (κ2) is 5.50. The standard InChI is InChI=1S/C14H20FNO/c1-3-10-6-7-16-13(8-10)11-4-5-14(17-2)12(15)9-11/h4-5,9-10,13,16H,3,6-8H2,1-2H3. The molecule has 2 nitrogen and oxygen atoms in total. The van der Waals surface area contributed by atoms with Crippen LogP contribution in [0.3, 0.4) is 0 Å². The fraction of sp³-hybridized carbons (Fsp3) is 0.571. The molecule has 1 aliphatic rings. The first-order chi connectivity index (χ1) is 8.24. The van der Waals surface area contributed by atoms with Gasteiger partial charge in [-0.15, -0.1) is 0 Å². The van der Waals surface area contributed by atoms with Crippen molar-refractivity contribution in [3.8, 4) is 5.75 Å².